The van der Waals surface area contributed by atoms with E-state index in [1.54, 1.807) is 11.3 Å². The number of para-hydroxylation sites is 1. The second-order valence-corrected chi connectivity index (χ2v) is 8.63. The number of thioether (sulfide) groups is 1. The summed E-state index contributed by atoms with van der Waals surface area (Å²) in [6.45, 7) is 8.43. The minimum atomic E-state index is -0.0171. The molecule has 2 heterocycles. The molecule has 7 heteroatoms. The second-order valence-electron chi connectivity index (χ2n) is 6.74. The van der Waals surface area contributed by atoms with Crippen LogP contribution in [0.25, 0.3) is 10.7 Å². The number of aromatic nitrogens is 3. The van der Waals surface area contributed by atoms with Gasteiger partial charge in [0.05, 0.1) is 10.6 Å². The van der Waals surface area contributed by atoms with Crippen molar-refractivity contribution >= 4 is 34.7 Å². The Kier molecular flexibility index (Phi) is 6.91. The Bertz CT molecular complexity index is 910. The molecule has 3 rings (SSSR count). The Hall–Kier alpha value is -2.12. The molecule has 28 heavy (non-hydrogen) atoms. The van der Waals surface area contributed by atoms with Crippen molar-refractivity contribution in [2.24, 2.45) is 0 Å². The molecule has 1 N–H and O–H groups in total. The van der Waals surface area contributed by atoms with Crippen molar-refractivity contribution in [3.05, 3.63) is 46.8 Å². The Morgan fingerprint density at radius 2 is 1.86 bits per heavy atom. The van der Waals surface area contributed by atoms with Crippen LogP contribution in [0.2, 0.25) is 0 Å². The third-order valence-electron chi connectivity index (χ3n) is 4.52. The highest BCUT2D eigenvalue weighted by molar-refractivity contribution is 7.99. The third kappa shape index (κ3) is 4.47. The van der Waals surface area contributed by atoms with E-state index in [-0.39, 0.29) is 11.9 Å². The number of carbonyl (C=O) groups excluding carboxylic acids is 1. The predicted octanol–water partition coefficient (Wildman–Crippen LogP) is 5.44. The van der Waals surface area contributed by atoms with Crippen LogP contribution < -0.4 is 5.32 Å². The summed E-state index contributed by atoms with van der Waals surface area (Å²) in [5.41, 5.74) is 3.30. The van der Waals surface area contributed by atoms with Crippen LogP contribution in [0.5, 0.6) is 0 Å². The standard InChI is InChI=1S/C21H26N4OS2/c1-5-15-9-7-10-16(6-2)19(15)22-18(26)13-28-21-24-23-20(25(21)14(3)4)17-11-8-12-27-17/h7-12,14H,5-6,13H2,1-4H3,(H,22,26). The third-order valence-corrected chi connectivity index (χ3v) is 6.33. The molecule has 0 radical (unpaired) electrons. The zero-order valence-electron chi connectivity index (χ0n) is 16.7. The molecule has 0 unspecified atom stereocenters. The first kappa shape index (κ1) is 20.6. The van der Waals surface area contributed by atoms with Gasteiger partial charge in [0.1, 0.15) is 0 Å². The molecule has 0 atom stereocenters. The second kappa shape index (κ2) is 9.39. The smallest absolute Gasteiger partial charge is 0.234 e. The molecule has 0 fully saturated rings. The van der Waals surface area contributed by atoms with Crippen LogP contribution >= 0.6 is 23.1 Å². The molecule has 0 aliphatic heterocycles. The van der Waals surface area contributed by atoms with E-state index >= 15 is 0 Å². The highest BCUT2D eigenvalue weighted by Gasteiger charge is 2.19. The summed E-state index contributed by atoms with van der Waals surface area (Å²) in [5.74, 6) is 1.14. The molecular formula is C21H26N4OS2. The maximum Gasteiger partial charge on any atom is 0.234 e. The molecule has 0 saturated heterocycles. The lowest BCUT2D eigenvalue weighted by atomic mass is 10.0. The Balaban J connectivity index is 1.74. The maximum absolute atomic E-state index is 12.7. The van der Waals surface area contributed by atoms with Gasteiger partial charge in [-0.25, -0.2) is 0 Å². The van der Waals surface area contributed by atoms with Crippen LogP contribution in [0.15, 0.2) is 40.9 Å². The van der Waals surface area contributed by atoms with Gasteiger partial charge in [0.25, 0.3) is 0 Å². The van der Waals surface area contributed by atoms with Crippen LogP contribution in [0.4, 0.5) is 5.69 Å². The lowest BCUT2D eigenvalue weighted by Crippen LogP contribution is -2.17. The number of hydrogen-bond donors (Lipinski definition) is 1. The summed E-state index contributed by atoms with van der Waals surface area (Å²) >= 11 is 3.07. The summed E-state index contributed by atoms with van der Waals surface area (Å²) < 4.78 is 2.10. The van der Waals surface area contributed by atoms with Crippen LogP contribution in [0.3, 0.4) is 0 Å². The number of aryl methyl sites for hydroxylation is 2. The first-order valence-electron chi connectivity index (χ1n) is 9.57. The molecular weight excluding hydrogens is 388 g/mol. The van der Waals surface area contributed by atoms with Crippen LogP contribution in [0.1, 0.15) is 44.9 Å². The van der Waals surface area contributed by atoms with E-state index in [2.05, 4.69) is 66.0 Å². The van der Waals surface area contributed by atoms with Crippen LogP contribution in [-0.4, -0.2) is 26.4 Å². The van der Waals surface area contributed by atoms with E-state index in [1.807, 2.05) is 17.5 Å². The van der Waals surface area contributed by atoms with Crippen molar-refractivity contribution in [3.8, 4) is 10.7 Å². The maximum atomic E-state index is 12.7. The van der Waals surface area contributed by atoms with Gasteiger partial charge in [-0.1, -0.05) is 49.9 Å². The van der Waals surface area contributed by atoms with Crippen molar-refractivity contribution in [1.82, 2.24) is 14.8 Å². The molecule has 0 aliphatic rings. The van der Waals surface area contributed by atoms with Crippen molar-refractivity contribution in [1.29, 1.82) is 0 Å². The minimum absolute atomic E-state index is 0.0171. The average molecular weight is 415 g/mol. The molecule has 2 aromatic heterocycles. The van der Waals surface area contributed by atoms with E-state index < -0.39 is 0 Å². The molecule has 0 saturated carbocycles. The van der Waals surface area contributed by atoms with Gasteiger partial charge in [-0.2, -0.15) is 0 Å². The molecule has 0 spiro atoms. The minimum Gasteiger partial charge on any atom is -0.325 e. The molecule has 1 amide bonds. The predicted molar refractivity (Wildman–Crippen MR) is 118 cm³/mol. The quantitative estimate of drug-likeness (QED) is 0.498. The summed E-state index contributed by atoms with van der Waals surface area (Å²) in [6, 6.07) is 10.5. The number of benzene rings is 1. The van der Waals surface area contributed by atoms with Crippen LogP contribution in [-0.2, 0) is 17.6 Å². The first-order valence-corrected chi connectivity index (χ1v) is 11.4. The summed E-state index contributed by atoms with van der Waals surface area (Å²) in [5, 5.41) is 14.6. The highest BCUT2D eigenvalue weighted by atomic mass is 32.2. The zero-order valence-corrected chi connectivity index (χ0v) is 18.4. The number of nitrogens with one attached hydrogen (secondary N) is 1. The van der Waals surface area contributed by atoms with Crippen LogP contribution in [0, 0.1) is 0 Å². The van der Waals surface area contributed by atoms with Crippen molar-refractivity contribution in [2.45, 2.75) is 51.7 Å². The number of thiophene rings is 1. The molecule has 148 valence electrons. The largest absolute Gasteiger partial charge is 0.325 e. The van der Waals surface area contributed by atoms with E-state index in [4.69, 9.17) is 0 Å². The topological polar surface area (TPSA) is 59.8 Å². The van der Waals surface area contributed by atoms with Gasteiger partial charge in [0.15, 0.2) is 11.0 Å². The number of amides is 1. The van der Waals surface area contributed by atoms with E-state index in [0.29, 0.717) is 5.75 Å². The average Bonchev–Trinajstić information content (AvgIpc) is 3.35. The zero-order chi connectivity index (χ0) is 20.1. The number of rotatable bonds is 8. The molecule has 3 aromatic rings. The highest BCUT2D eigenvalue weighted by Crippen LogP contribution is 2.30. The SMILES string of the molecule is CCc1cccc(CC)c1NC(=O)CSc1nnc(-c2cccs2)n1C(C)C. The van der Waals surface area contributed by atoms with Crippen molar-refractivity contribution < 1.29 is 4.79 Å². The molecule has 5 nitrogen and oxygen atoms in total. The summed E-state index contributed by atoms with van der Waals surface area (Å²) in [4.78, 5) is 13.7. The van der Waals surface area contributed by atoms with Gasteiger partial charge in [-0.3, -0.25) is 9.36 Å². The first-order chi connectivity index (χ1) is 13.5. The van der Waals surface area contributed by atoms with E-state index in [9.17, 15) is 4.79 Å². The normalized spacial score (nSPS) is 11.2. The van der Waals surface area contributed by atoms with Gasteiger partial charge < -0.3 is 5.32 Å². The lowest BCUT2D eigenvalue weighted by molar-refractivity contribution is -0.113. The van der Waals surface area contributed by atoms with E-state index in [1.165, 1.54) is 22.9 Å². The Labute approximate surface area is 174 Å². The molecule has 1 aromatic carbocycles. The number of nitrogens with zero attached hydrogens (tertiary/aromatic N) is 3. The summed E-state index contributed by atoms with van der Waals surface area (Å²) in [7, 11) is 0. The number of anilines is 1. The number of carbonyl (C=O) groups is 1. The van der Waals surface area contributed by atoms with Gasteiger partial charge >= 0.3 is 0 Å². The van der Waals surface area contributed by atoms with Gasteiger partial charge in [0, 0.05) is 11.7 Å². The Morgan fingerprint density at radius 1 is 1.14 bits per heavy atom. The Morgan fingerprint density at radius 3 is 2.43 bits per heavy atom. The number of hydrogen-bond acceptors (Lipinski definition) is 5. The summed E-state index contributed by atoms with van der Waals surface area (Å²) in [6.07, 6.45) is 1.78. The van der Waals surface area contributed by atoms with Gasteiger partial charge in [-0.05, 0) is 49.3 Å². The van der Waals surface area contributed by atoms with Crippen molar-refractivity contribution in [3.63, 3.8) is 0 Å². The molecule has 0 bridgehead atoms. The van der Waals surface area contributed by atoms with E-state index in [0.717, 1.165) is 34.4 Å². The monoisotopic (exact) mass is 414 g/mol. The lowest BCUT2D eigenvalue weighted by Gasteiger charge is -2.15. The molecule has 0 aliphatic carbocycles. The van der Waals surface area contributed by atoms with Crippen molar-refractivity contribution in [2.75, 3.05) is 11.1 Å². The fourth-order valence-corrected chi connectivity index (χ4v) is 4.70. The fraction of sp³-hybridized carbons (Fsp3) is 0.381. The van der Waals surface area contributed by atoms with Gasteiger partial charge in [-0.15, -0.1) is 21.5 Å². The van der Waals surface area contributed by atoms with Gasteiger partial charge in [0.2, 0.25) is 5.91 Å². The fourth-order valence-electron chi connectivity index (χ4n) is 3.12.